The van der Waals surface area contributed by atoms with Crippen molar-refractivity contribution >= 4 is 22.6 Å². The SMILES string of the molecule is O=C1CCC2(CN(c3cnc4[nH]ncc4c3)C2)N1. The van der Waals surface area contributed by atoms with Crippen LogP contribution in [0.1, 0.15) is 12.8 Å². The van der Waals surface area contributed by atoms with Crippen molar-refractivity contribution in [1.29, 1.82) is 0 Å². The zero-order valence-corrected chi connectivity index (χ0v) is 9.81. The Kier molecular flexibility index (Phi) is 1.76. The summed E-state index contributed by atoms with van der Waals surface area (Å²) in [6.07, 6.45) is 5.24. The lowest BCUT2D eigenvalue weighted by atomic mass is 9.88. The largest absolute Gasteiger partial charge is 0.365 e. The number of pyridine rings is 1. The van der Waals surface area contributed by atoms with Crippen LogP contribution in [0.4, 0.5) is 5.69 Å². The Morgan fingerprint density at radius 2 is 2.22 bits per heavy atom. The molecule has 0 aliphatic carbocycles. The molecule has 4 heterocycles. The van der Waals surface area contributed by atoms with E-state index >= 15 is 0 Å². The number of aromatic nitrogens is 3. The van der Waals surface area contributed by atoms with Gasteiger partial charge in [-0.1, -0.05) is 0 Å². The first-order valence-corrected chi connectivity index (χ1v) is 6.09. The van der Waals surface area contributed by atoms with Crippen LogP contribution in [0.15, 0.2) is 18.5 Å². The molecule has 1 spiro atoms. The Labute approximate surface area is 103 Å². The molecule has 0 aromatic carbocycles. The van der Waals surface area contributed by atoms with Crippen molar-refractivity contribution in [3.63, 3.8) is 0 Å². The zero-order chi connectivity index (χ0) is 12.2. The molecule has 4 rings (SSSR count). The molecule has 6 heteroatoms. The van der Waals surface area contributed by atoms with Crippen molar-refractivity contribution in [3.05, 3.63) is 18.5 Å². The van der Waals surface area contributed by atoms with Gasteiger partial charge in [0.15, 0.2) is 5.65 Å². The van der Waals surface area contributed by atoms with Crippen LogP contribution in [0.3, 0.4) is 0 Å². The molecule has 6 nitrogen and oxygen atoms in total. The zero-order valence-electron chi connectivity index (χ0n) is 9.81. The third-order valence-corrected chi connectivity index (χ3v) is 3.86. The molecule has 18 heavy (non-hydrogen) atoms. The molecular weight excluding hydrogens is 230 g/mol. The minimum absolute atomic E-state index is 0.0163. The van der Waals surface area contributed by atoms with Crippen LogP contribution in [0.25, 0.3) is 11.0 Å². The average Bonchev–Trinajstić information content (AvgIpc) is 2.92. The number of nitrogens with one attached hydrogen (secondary N) is 2. The summed E-state index contributed by atoms with van der Waals surface area (Å²) < 4.78 is 0. The molecule has 2 saturated heterocycles. The highest BCUT2D eigenvalue weighted by Gasteiger charge is 2.47. The van der Waals surface area contributed by atoms with Crippen LogP contribution in [0, 0.1) is 0 Å². The average molecular weight is 243 g/mol. The summed E-state index contributed by atoms with van der Waals surface area (Å²) in [6, 6.07) is 2.08. The van der Waals surface area contributed by atoms with Gasteiger partial charge in [0, 0.05) is 24.9 Å². The lowest BCUT2D eigenvalue weighted by Crippen LogP contribution is -2.67. The van der Waals surface area contributed by atoms with Crippen molar-refractivity contribution in [2.75, 3.05) is 18.0 Å². The molecule has 2 aliphatic heterocycles. The predicted molar refractivity (Wildman–Crippen MR) is 66.2 cm³/mol. The van der Waals surface area contributed by atoms with E-state index in [1.807, 2.05) is 6.20 Å². The highest BCUT2D eigenvalue weighted by Crippen LogP contribution is 2.34. The van der Waals surface area contributed by atoms with Crippen LogP contribution in [-0.2, 0) is 4.79 Å². The topological polar surface area (TPSA) is 73.9 Å². The van der Waals surface area contributed by atoms with E-state index in [9.17, 15) is 4.79 Å². The van der Waals surface area contributed by atoms with Crippen LogP contribution in [-0.4, -0.2) is 39.7 Å². The molecule has 2 aromatic heterocycles. The summed E-state index contributed by atoms with van der Waals surface area (Å²) in [4.78, 5) is 17.8. The number of anilines is 1. The van der Waals surface area contributed by atoms with Gasteiger partial charge in [-0.3, -0.25) is 9.89 Å². The van der Waals surface area contributed by atoms with E-state index in [0.29, 0.717) is 6.42 Å². The van der Waals surface area contributed by atoms with Gasteiger partial charge in [-0.25, -0.2) is 4.98 Å². The fourth-order valence-corrected chi connectivity index (χ4v) is 2.88. The first kappa shape index (κ1) is 9.87. The van der Waals surface area contributed by atoms with Gasteiger partial charge in [-0.05, 0) is 12.5 Å². The number of hydrogen-bond donors (Lipinski definition) is 2. The Morgan fingerprint density at radius 1 is 1.33 bits per heavy atom. The summed E-state index contributed by atoms with van der Waals surface area (Å²) in [5.74, 6) is 0.179. The van der Waals surface area contributed by atoms with Crippen molar-refractivity contribution in [3.8, 4) is 0 Å². The number of rotatable bonds is 1. The number of amides is 1. The Balaban J connectivity index is 1.57. The maximum absolute atomic E-state index is 11.3. The maximum atomic E-state index is 11.3. The molecule has 0 unspecified atom stereocenters. The number of carbonyl (C=O) groups is 1. The highest BCUT2D eigenvalue weighted by atomic mass is 16.2. The van der Waals surface area contributed by atoms with Gasteiger partial charge < -0.3 is 10.2 Å². The maximum Gasteiger partial charge on any atom is 0.220 e. The number of hydrogen-bond acceptors (Lipinski definition) is 4. The number of fused-ring (bicyclic) bond motifs is 1. The Hall–Kier alpha value is -2.11. The van der Waals surface area contributed by atoms with E-state index in [-0.39, 0.29) is 11.4 Å². The quantitative estimate of drug-likeness (QED) is 0.761. The highest BCUT2D eigenvalue weighted by molar-refractivity contribution is 5.81. The number of aromatic amines is 1. The van der Waals surface area contributed by atoms with Crippen LogP contribution >= 0.6 is 0 Å². The van der Waals surface area contributed by atoms with Crippen LogP contribution in [0.5, 0.6) is 0 Å². The van der Waals surface area contributed by atoms with Gasteiger partial charge in [0.1, 0.15) is 0 Å². The lowest BCUT2D eigenvalue weighted by Gasteiger charge is -2.49. The van der Waals surface area contributed by atoms with E-state index in [2.05, 4.69) is 31.5 Å². The molecule has 0 saturated carbocycles. The lowest BCUT2D eigenvalue weighted by molar-refractivity contribution is -0.119. The second kappa shape index (κ2) is 3.22. The molecule has 2 aromatic rings. The summed E-state index contributed by atoms with van der Waals surface area (Å²) in [6.45, 7) is 1.76. The predicted octanol–water partition coefficient (Wildman–Crippen LogP) is 0.427. The Morgan fingerprint density at radius 3 is 3.00 bits per heavy atom. The molecular formula is C12H13N5O. The molecule has 0 atom stereocenters. The smallest absolute Gasteiger partial charge is 0.220 e. The second-order valence-electron chi connectivity index (χ2n) is 5.19. The molecule has 2 N–H and O–H groups in total. The molecule has 0 radical (unpaired) electrons. The van der Waals surface area contributed by atoms with Crippen LogP contribution in [0.2, 0.25) is 0 Å². The van der Waals surface area contributed by atoms with Crippen molar-refractivity contribution < 1.29 is 4.79 Å². The standard InChI is InChI=1S/C12H13N5O/c18-10-1-2-12(15-10)6-17(7-12)9-3-8-4-14-16-11(8)13-5-9/h3-5H,1-2,6-7H2,(H,15,18)(H,13,14,16). The van der Waals surface area contributed by atoms with Gasteiger partial charge in [0.2, 0.25) is 5.91 Å². The van der Waals surface area contributed by atoms with Gasteiger partial charge in [-0.2, -0.15) is 5.10 Å². The fraction of sp³-hybridized carbons (Fsp3) is 0.417. The van der Waals surface area contributed by atoms with Gasteiger partial charge >= 0.3 is 0 Å². The van der Waals surface area contributed by atoms with E-state index in [4.69, 9.17) is 0 Å². The monoisotopic (exact) mass is 243 g/mol. The van der Waals surface area contributed by atoms with Gasteiger partial charge in [0.25, 0.3) is 0 Å². The summed E-state index contributed by atoms with van der Waals surface area (Å²) in [5, 5.41) is 10.9. The number of nitrogens with zero attached hydrogens (tertiary/aromatic N) is 3. The van der Waals surface area contributed by atoms with Gasteiger partial charge in [-0.15, -0.1) is 0 Å². The van der Waals surface area contributed by atoms with E-state index < -0.39 is 0 Å². The Bertz CT molecular complexity index is 628. The summed E-state index contributed by atoms with van der Waals surface area (Å²) >= 11 is 0. The molecule has 2 aliphatic rings. The molecule has 2 fully saturated rings. The minimum Gasteiger partial charge on any atom is -0.365 e. The second-order valence-corrected chi connectivity index (χ2v) is 5.19. The minimum atomic E-state index is 0.0163. The van der Waals surface area contributed by atoms with E-state index in [0.717, 1.165) is 36.2 Å². The first-order chi connectivity index (χ1) is 8.74. The molecule has 92 valence electrons. The van der Waals surface area contributed by atoms with Crippen molar-refractivity contribution in [2.45, 2.75) is 18.4 Å². The first-order valence-electron chi connectivity index (χ1n) is 6.09. The number of H-pyrrole nitrogens is 1. The number of carbonyl (C=O) groups excluding carboxylic acids is 1. The summed E-state index contributed by atoms with van der Waals surface area (Å²) in [5.41, 5.74) is 1.92. The third kappa shape index (κ3) is 1.32. The molecule has 1 amide bonds. The normalized spacial score (nSPS) is 21.3. The van der Waals surface area contributed by atoms with Gasteiger partial charge in [0.05, 0.1) is 23.6 Å². The van der Waals surface area contributed by atoms with Crippen molar-refractivity contribution in [1.82, 2.24) is 20.5 Å². The van der Waals surface area contributed by atoms with Crippen LogP contribution < -0.4 is 10.2 Å². The van der Waals surface area contributed by atoms with E-state index in [1.165, 1.54) is 0 Å². The van der Waals surface area contributed by atoms with Crippen molar-refractivity contribution in [2.24, 2.45) is 0 Å². The summed E-state index contributed by atoms with van der Waals surface area (Å²) in [7, 11) is 0. The fourth-order valence-electron chi connectivity index (χ4n) is 2.88. The third-order valence-electron chi connectivity index (χ3n) is 3.86. The molecule has 0 bridgehead atoms. The van der Waals surface area contributed by atoms with E-state index in [1.54, 1.807) is 6.20 Å².